The maximum Gasteiger partial charge on any atom is 0.0830 e. The zero-order valence-corrected chi connectivity index (χ0v) is 11.0. The van der Waals surface area contributed by atoms with E-state index >= 15 is 0 Å². The van der Waals surface area contributed by atoms with Gasteiger partial charge in [0.15, 0.2) is 0 Å². The third-order valence-corrected chi connectivity index (χ3v) is 3.45. The minimum Gasteiger partial charge on any atom is -0.253 e. The van der Waals surface area contributed by atoms with Crippen LogP contribution in [-0.4, -0.2) is 15.0 Å². The highest BCUT2D eigenvalue weighted by Gasteiger charge is 2.06. The van der Waals surface area contributed by atoms with Gasteiger partial charge in [-0.05, 0) is 31.4 Å². The molecule has 0 saturated carbocycles. The Morgan fingerprint density at radius 2 is 2.06 bits per heavy atom. The number of aromatic nitrogens is 3. The van der Waals surface area contributed by atoms with E-state index in [-0.39, 0.29) is 0 Å². The van der Waals surface area contributed by atoms with E-state index in [1.54, 1.807) is 6.07 Å². The summed E-state index contributed by atoms with van der Waals surface area (Å²) in [6.45, 7) is 2.87. The van der Waals surface area contributed by atoms with Crippen LogP contribution in [0.15, 0.2) is 24.4 Å². The van der Waals surface area contributed by atoms with Gasteiger partial charge in [0.2, 0.25) is 0 Å². The van der Waals surface area contributed by atoms with Crippen LogP contribution in [0, 0.1) is 0 Å². The molecule has 0 radical (unpaired) electrons. The molecule has 5 heteroatoms. The number of aryl methyl sites for hydroxylation is 3. The van der Waals surface area contributed by atoms with Crippen molar-refractivity contribution in [1.82, 2.24) is 15.0 Å². The average Bonchev–Trinajstić information content (AvgIpc) is 2.79. The van der Waals surface area contributed by atoms with Crippen LogP contribution < -0.4 is 0 Å². The van der Waals surface area contributed by atoms with E-state index in [4.69, 9.17) is 23.2 Å². The fourth-order valence-corrected chi connectivity index (χ4v) is 2.03. The quantitative estimate of drug-likeness (QED) is 0.852. The lowest BCUT2D eigenvalue weighted by Crippen LogP contribution is -1.93. The van der Waals surface area contributed by atoms with Crippen molar-refractivity contribution in [1.29, 1.82) is 0 Å². The first-order valence-electron chi connectivity index (χ1n) is 5.52. The third kappa shape index (κ3) is 2.99. The van der Waals surface area contributed by atoms with E-state index in [0.29, 0.717) is 10.0 Å². The smallest absolute Gasteiger partial charge is 0.0830 e. The van der Waals surface area contributed by atoms with Crippen molar-refractivity contribution in [2.45, 2.75) is 26.3 Å². The number of hydrogen-bond acceptors (Lipinski definition) is 2. The van der Waals surface area contributed by atoms with E-state index in [0.717, 1.165) is 30.6 Å². The molecule has 0 atom stereocenters. The van der Waals surface area contributed by atoms with E-state index in [1.807, 2.05) is 29.9 Å². The molecule has 0 aliphatic rings. The normalized spacial score (nSPS) is 10.8. The molecule has 0 aliphatic carbocycles. The van der Waals surface area contributed by atoms with Crippen molar-refractivity contribution in [3.05, 3.63) is 45.7 Å². The van der Waals surface area contributed by atoms with Crippen molar-refractivity contribution in [2.75, 3.05) is 0 Å². The van der Waals surface area contributed by atoms with Crippen molar-refractivity contribution in [3.8, 4) is 0 Å². The summed E-state index contributed by atoms with van der Waals surface area (Å²) in [5.41, 5.74) is 2.02. The standard InChI is InChI=1S/C12H13Cl2N3/c1-2-17-8-10(15-16-17)7-6-9-4-3-5-11(13)12(9)14/h3-5,8H,2,6-7H2,1H3. The molecule has 0 N–H and O–H groups in total. The maximum absolute atomic E-state index is 6.12. The van der Waals surface area contributed by atoms with Gasteiger partial charge in [-0.2, -0.15) is 0 Å². The summed E-state index contributed by atoms with van der Waals surface area (Å²) in [7, 11) is 0. The SMILES string of the molecule is CCn1cc(CCc2cccc(Cl)c2Cl)nn1. The molecule has 17 heavy (non-hydrogen) atoms. The van der Waals surface area contributed by atoms with E-state index < -0.39 is 0 Å². The van der Waals surface area contributed by atoms with Crippen molar-refractivity contribution in [2.24, 2.45) is 0 Å². The zero-order valence-electron chi connectivity index (χ0n) is 9.53. The van der Waals surface area contributed by atoms with Gasteiger partial charge in [-0.15, -0.1) is 5.10 Å². The molecule has 0 spiro atoms. The molecule has 2 aromatic rings. The first kappa shape index (κ1) is 12.4. The first-order valence-corrected chi connectivity index (χ1v) is 6.28. The molecule has 0 saturated heterocycles. The maximum atomic E-state index is 6.12. The lowest BCUT2D eigenvalue weighted by atomic mass is 10.1. The van der Waals surface area contributed by atoms with Crippen LogP contribution in [-0.2, 0) is 19.4 Å². The second-order valence-electron chi connectivity index (χ2n) is 3.78. The largest absolute Gasteiger partial charge is 0.253 e. The Hall–Kier alpha value is -1.06. The molecule has 0 aliphatic heterocycles. The van der Waals surface area contributed by atoms with Gasteiger partial charge in [0.05, 0.1) is 15.7 Å². The molecule has 0 unspecified atom stereocenters. The monoisotopic (exact) mass is 269 g/mol. The molecule has 2 rings (SSSR count). The predicted molar refractivity (Wildman–Crippen MR) is 69.6 cm³/mol. The summed E-state index contributed by atoms with van der Waals surface area (Å²) in [4.78, 5) is 0. The Morgan fingerprint density at radius 1 is 1.24 bits per heavy atom. The van der Waals surface area contributed by atoms with Gasteiger partial charge < -0.3 is 0 Å². The minimum absolute atomic E-state index is 0.598. The van der Waals surface area contributed by atoms with Gasteiger partial charge in [-0.1, -0.05) is 40.5 Å². The topological polar surface area (TPSA) is 30.7 Å². The second-order valence-corrected chi connectivity index (χ2v) is 4.56. The Balaban J connectivity index is 2.04. The first-order chi connectivity index (χ1) is 8.20. The summed E-state index contributed by atoms with van der Waals surface area (Å²) >= 11 is 12.1. The van der Waals surface area contributed by atoms with Crippen LogP contribution in [0.5, 0.6) is 0 Å². The molecule has 0 amide bonds. The summed E-state index contributed by atoms with van der Waals surface area (Å²) in [6, 6.07) is 5.69. The molecule has 0 bridgehead atoms. The second kappa shape index (κ2) is 5.52. The Morgan fingerprint density at radius 3 is 2.76 bits per heavy atom. The molecular weight excluding hydrogens is 257 g/mol. The van der Waals surface area contributed by atoms with Crippen LogP contribution in [0.25, 0.3) is 0 Å². The van der Waals surface area contributed by atoms with Gasteiger partial charge in [-0.3, -0.25) is 4.68 Å². The van der Waals surface area contributed by atoms with Gasteiger partial charge in [0.25, 0.3) is 0 Å². The zero-order chi connectivity index (χ0) is 12.3. The number of benzene rings is 1. The van der Waals surface area contributed by atoms with Crippen molar-refractivity contribution >= 4 is 23.2 Å². The average molecular weight is 270 g/mol. The van der Waals surface area contributed by atoms with Crippen LogP contribution in [0.4, 0.5) is 0 Å². The molecule has 1 aromatic heterocycles. The van der Waals surface area contributed by atoms with Gasteiger partial charge in [0.1, 0.15) is 0 Å². The van der Waals surface area contributed by atoms with E-state index in [1.165, 1.54) is 0 Å². The van der Waals surface area contributed by atoms with Crippen LogP contribution in [0.1, 0.15) is 18.2 Å². The van der Waals surface area contributed by atoms with Gasteiger partial charge in [0, 0.05) is 12.7 Å². The minimum atomic E-state index is 0.598. The van der Waals surface area contributed by atoms with Crippen molar-refractivity contribution in [3.63, 3.8) is 0 Å². The number of halogens is 2. The Labute approximate surface area is 110 Å². The fraction of sp³-hybridized carbons (Fsp3) is 0.333. The van der Waals surface area contributed by atoms with Crippen LogP contribution >= 0.6 is 23.2 Å². The van der Waals surface area contributed by atoms with Crippen LogP contribution in [0.3, 0.4) is 0 Å². The summed E-state index contributed by atoms with van der Waals surface area (Å²) in [5.74, 6) is 0. The lowest BCUT2D eigenvalue weighted by molar-refractivity contribution is 0.626. The van der Waals surface area contributed by atoms with E-state index in [9.17, 15) is 0 Å². The summed E-state index contributed by atoms with van der Waals surface area (Å²) in [5, 5.41) is 9.32. The van der Waals surface area contributed by atoms with Crippen LogP contribution in [0.2, 0.25) is 10.0 Å². The molecule has 0 fully saturated rings. The summed E-state index contributed by atoms with van der Waals surface area (Å²) < 4.78 is 1.81. The number of nitrogens with zero attached hydrogens (tertiary/aromatic N) is 3. The molecule has 90 valence electrons. The molecule has 3 nitrogen and oxygen atoms in total. The predicted octanol–water partition coefficient (Wildman–Crippen LogP) is 3.39. The highest BCUT2D eigenvalue weighted by atomic mass is 35.5. The highest BCUT2D eigenvalue weighted by molar-refractivity contribution is 6.42. The number of rotatable bonds is 4. The molecular formula is C12H13Cl2N3. The Kier molecular flexibility index (Phi) is 4.02. The highest BCUT2D eigenvalue weighted by Crippen LogP contribution is 2.26. The summed E-state index contributed by atoms with van der Waals surface area (Å²) in [6.07, 6.45) is 3.60. The van der Waals surface area contributed by atoms with E-state index in [2.05, 4.69) is 10.3 Å². The lowest BCUT2D eigenvalue weighted by Gasteiger charge is -2.03. The van der Waals surface area contributed by atoms with Crippen molar-refractivity contribution < 1.29 is 0 Å². The Bertz CT molecular complexity index is 508. The van der Waals surface area contributed by atoms with Gasteiger partial charge >= 0.3 is 0 Å². The molecule has 1 heterocycles. The number of hydrogen-bond donors (Lipinski definition) is 0. The molecule has 1 aromatic carbocycles. The van der Waals surface area contributed by atoms with Gasteiger partial charge in [-0.25, -0.2) is 0 Å². The third-order valence-electron chi connectivity index (χ3n) is 2.59. The fourth-order valence-electron chi connectivity index (χ4n) is 1.61.